The van der Waals surface area contributed by atoms with Crippen molar-refractivity contribution in [3.05, 3.63) is 29.3 Å². The molecule has 1 atom stereocenters. The number of nitrogens with zero attached hydrogens (tertiary/aromatic N) is 1. The first-order valence-electron chi connectivity index (χ1n) is 9.27. The second-order valence-electron chi connectivity index (χ2n) is 7.44. The van der Waals surface area contributed by atoms with Gasteiger partial charge in [-0.15, -0.1) is 0 Å². The number of carboxylic acid groups (broad SMARTS) is 1. The third kappa shape index (κ3) is 5.29. The fraction of sp³-hybridized carbons (Fsp3) is 0.579. The Balaban J connectivity index is 2.28. The van der Waals surface area contributed by atoms with Crippen LogP contribution in [0.4, 0.5) is 0 Å². The summed E-state index contributed by atoms with van der Waals surface area (Å²) in [5, 5.41) is 11.8. The second kappa shape index (κ2) is 8.84. The van der Waals surface area contributed by atoms with Gasteiger partial charge < -0.3 is 10.4 Å². The van der Waals surface area contributed by atoms with Gasteiger partial charge in [0.25, 0.3) is 5.91 Å². The summed E-state index contributed by atoms with van der Waals surface area (Å²) in [6.45, 7) is 6.40. The van der Waals surface area contributed by atoms with Gasteiger partial charge in [0.15, 0.2) is 0 Å². The number of rotatable bonds is 7. The molecular formula is C19H28N2O5S. The molecule has 1 fully saturated rings. The third-order valence-electron chi connectivity index (χ3n) is 4.69. The van der Waals surface area contributed by atoms with E-state index in [4.69, 9.17) is 0 Å². The number of carboxylic acids is 1. The van der Waals surface area contributed by atoms with Crippen molar-refractivity contribution < 1.29 is 23.1 Å². The van der Waals surface area contributed by atoms with E-state index in [0.717, 1.165) is 19.3 Å². The van der Waals surface area contributed by atoms with Crippen molar-refractivity contribution >= 4 is 21.9 Å². The maximum Gasteiger partial charge on any atom is 0.326 e. The quantitative estimate of drug-likeness (QED) is 0.736. The fourth-order valence-corrected chi connectivity index (χ4v) is 4.97. The molecule has 7 nitrogen and oxygen atoms in total. The van der Waals surface area contributed by atoms with Gasteiger partial charge in [-0.25, -0.2) is 13.2 Å². The minimum absolute atomic E-state index is 0.0967. The number of hydrogen-bond donors (Lipinski definition) is 2. The highest BCUT2D eigenvalue weighted by molar-refractivity contribution is 7.89. The topological polar surface area (TPSA) is 104 Å². The Labute approximate surface area is 160 Å². The standard InChI is InChI=1S/C19H28N2O5S/c1-13(2)11-16(19(23)24)20-18(22)15-8-7-14(3)17(12-15)27(25,26)21-9-5-4-6-10-21/h7-8,12-13,16H,4-6,9-11H2,1-3H3,(H,20,22)(H,23,24)/t16-/m1/s1. The van der Waals surface area contributed by atoms with Crippen LogP contribution < -0.4 is 5.32 Å². The van der Waals surface area contributed by atoms with Gasteiger partial charge in [0.1, 0.15) is 6.04 Å². The van der Waals surface area contributed by atoms with Crippen LogP contribution >= 0.6 is 0 Å². The Morgan fingerprint density at radius 3 is 2.37 bits per heavy atom. The summed E-state index contributed by atoms with van der Waals surface area (Å²) >= 11 is 0. The molecule has 1 aliphatic heterocycles. The van der Waals surface area contributed by atoms with E-state index in [1.807, 2.05) is 13.8 Å². The normalized spacial score (nSPS) is 16.9. The summed E-state index contributed by atoms with van der Waals surface area (Å²) in [6, 6.07) is 3.45. The number of carbonyl (C=O) groups is 2. The summed E-state index contributed by atoms with van der Waals surface area (Å²) in [4.78, 5) is 24.0. The third-order valence-corrected chi connectivity index (χ3v) is 6.73. The number of aryl methyl sites for hydroxylation is 1. The number of carbonyl (C=O) groups excluding carboxylic acids is 1. The van der Waals surface area contributed by atoms with E-state index in [0.29, 0.717) is 25.1 Å². The minimum atomic E-state index is -3.68. The van der Waals surface area contributed by atoms with E-state index in [-0.39, 0.29) is 16.4 Å². The number of piperidine rings is 1. The van der Waals surface area contributed by atoms with Gasteiger partial charge in [0.05, 0.1) is 4.90 Å². The van der Waals surface area contributed by atoms with Crippen LogP contribution in [0.5, 0.6) is 0 Å². The SMILES string of the molecule is Cc1ccc(C(=O)N[C@H](CC(C)C)C(=O)O)cc1S(=O)(=O)N1CCCCC1. The van der Waals surface area contributed by atoms with Gasteiger partial charge in [-0.3, -0.25) is 4.79 Å². The average Bonchev–Trinajstić information content (AvgIpc) is 2.61. The fourth-order valence-electron chi connectivity index (χ4n) is 3.20. The predicted molar refractivity (Wildman–Crippen MR) is 102 cm³/mol. The number of nitrogens with one attached hydrogen (secondary N) is 1. The molecule has 150 valence electrons. The molecule has 1 aromatic carbocycles. The summed E-state index contributed by atoms with van der Waals surface area (Å²) in [5.41, 5.74) is 0.709. The van der Waals surface area contributed by atoms with Gasteiger partial charge in [-0.1, -0.05) is 26.3 Å². The first-order valence-corrected chi connectivity index (χ1v) is 10.7. The van der Waals surface area contributed by atoms with Crippen molar-refractivity contribution in [3.63, 3.8) is 0 Å². The monoisotopic (exact) mass is 396 g/mol. The molecular weight excluding hydrogens is 368 g/mol. The number of amides is 1. The van der Waals surface area contributed by atoms with Crippen LogP contribution in [-0.4, -0.2) is 48.8 Å². The summed E-state index contributed by atoms with van der Waals surface area (Å²) in [6.07, 6.45) is 2.97. The van der Waals surface area contributed by atoms with Gasteiger partial charge >= 0.3 is 5.97 Å². The Morgan fingerprint density at radius 1 is 1.19 bits per heavy atom. The van der Waals surface area contributed by atoms with Crippen molar-refractivity contribution in [1.82, 2.24) is 9.62 Å². The van der Waals surface area contributed by atoms with Crippen LogP contribution in [0.3, 0.4) is 0 Å². The Bertz CT molecular complexity index is 798. The lowest BCUT2D eigenvalue weighted by molar-refractivity contribution is -0.139. The smallest absolute Gasteiger partial charge is 0.326 e. The first-order chi connectivity index (χ1) is 12.6. The molecule has 1 saturated heterocycles. The van der Waals surface area contributed by atoms with E-state index >= 15 is 0 Å². The van der Waals surface area contributed by atoms with Crippen molar-refractivity contribution in [3.8, 4) is 0 Å². The molecule has 1 amide bonds. The van der Waals surface area contributed by atoms with E-state index in [1.165, 1.54) is 16.4 Å². The largest absolute Gasteiger partial charge is 0.480 e. The van der Waals surface area contributed by atoms with Crippen LogP contribution in [0.15, 0.2) is 23.1 Å². The highest BCUT2D eigenvalue weighted by Gasteiger charge is 2.29. The molecule has 0 aromatic heterocycles. The highest BCUT2D eigenvalue weighted by Crippen LogP contribution is 2.24. The molecule has 0 unspecified atom stereocenters. The number of benzene rings is 1. The van der Waals surface area contributed by atoms with E-state index in [9.17, 15) is 23.1 Å². The molecule has 0 spiro atoms. The molecule has 1 heterocycles. The lowest BCUT2D eigenvalue weighted by Gasteiger charge is -2.26. The van der Waals surface area contributed by atoms with Crippen molar-refractivity contribution in [2.75, 3.05) is 13.1 Å². The highest BCUT2D eigenvalue weighted by atomic mass is 32.2. The lowest BCUT2D eigenvalue weighted by atomic mass is 10.0. The van der Waals surface area contributed by atoms with Crippen LogP contribution in [0, 0.1) is 12.8 Å². The maximum absolute atomic E-state index is 13.0. The van der Waals surface area contributed by atoms with Crippen LogP contribution in [-0.2, 0) is 14.8 Å². The summed E-state index contributed by atoms with van der Waals surface area (Å²) in [7, 11) is -3.68. The molecule has 2 rings (SSSR count). The summed E-state index contributed by atoms with van der Waals surface area (Å²) in [5.74, 6) is -1.59. The zero-order valence-corrected chi connectivity index (χ0v) is 16.9. The Morgan fingerprint density at radius 2 is 1.81 bits per heavy atom. The van der Waals surface area contributed by atoms with Crippen LogP contribution in [0.1, 0.15) is 55.5 Å². The average molecular weight is 397 g/mol. The lowest BCUT2D eigenvalue weighted by Crippen LogP contribution is -2.41. The maximum atomic E-state index is 13.0. The second-order valence-corrected chi connectivity index (χ2v) is 9.35. The minimum Gasteiger partial charge on any atom is -0.480 e. The van der Waals surface area contributed by atoms with Crippen LogP contribution in [0.2, 0.25) is 0 Å². The van der Waals surface area contributed by atoms with Gasteiger partial charge in [0, 0.05) is 18.7 Å². The molecule has 1 aromatic rings. The van der Waals surface area contributed by atoms with Crippen molar-refractivity contribution in [2.45, 2.75) is 57.4 Å². The van der Waals surface area contributed by atoms with E-state index in [2.05, 4.69) is 5.32 Å². The zero-order chi connectivity index (χ0) is 20.2. The van der Waals surface area contributed by atoms with E-state index in [1.54, 1.807) is 13.0 Å². The predicted octanol–water partition coefficient (Wildman–Crippen LogP) is 2.40. The molecule has 0 radical (unpaired) electrons. The van der Waals surface area contributed by atoms with E-state index < -0.39 is 27.9 Å². The molecule has 0 saturated carbocycles. The van der Waals surface area contributed by atoms with Crippen molar-refractivity contribution in [2.24, 2.45) is 5.92 Å². The number of hydrogen-bond acceptors (Lipinski definition) is 4. The van der Waals surface area contributed by atoms with Gasteiger partial charge in [-0.05, 0) is 49.8 Å². The van der Waals surface area contributed by atoms with Gasteiger partial charge in [0.2, 0.25) is 10.0 Å². The molecule has 27 heavy (non-hydrogen) atoms. The number of aliphatic carboxylic acids is 1. The Hall–Kier alpha value is -1.93. The van der Waals surface area contributed by atoms with Crippen molar-refractivity contribution in [1.29, 1.82) is 0 Å². The molecule has 8 heteroatoms. The Kier molecular flexibility index (Phi) is 7.00. The number of sulfonamides is 1. The molecule has 2 N–H and O–H groups in total. The summed E-state index contributed by atoms with van der Waals surface area (Å²) < 4.78 is 27.4. The first kappa shape index (κ1) is 21.4. The molecule has 0 bridgehead atoms. The van der Waals surface area contributed by atoms with Crippen LogP contribution in [0.25, 0.3) is 0 Å². The molecule has 1 aliphatic rings. The molecule has 0 aliphatic carbocycles. The van der Waals surface area contributed by atoms with Gasteiger partial charge in [-0.2, -0.15) is 4.31 Å². The zero-order valence-electron chi connectivity index (χ0n) is 16.1.